The Balaban J connectivity index is 1.44. The topological polar surface area (TPSA) is 29.2 Å². The molecule has 0 saturated carbocycles. The number of nitrogens with zero attached hydrogens (tertiary/aromatic N) is 5. The summed E-state index contributed by atoms with van der Waals surface area (Å²) in [6, 6.07) is 17.0. The molecule has 0 aliphatic carbocycles. The van der Waals surface area contributed by atoms with Gasteiger partial charge in [-0.05, 0) is 49.8 Å². The number of anilines is 1. The van der Waals surface area contributed by atoms with Crippen molar-refractivity contribution in [2.75, 3.05) is 31.1 Å². The Morgan fingerprint density at radius 1 is 0.963 bits per heavy atom. The summed E-state index contributed by atoms with van der Waals surface area (Å²) in [4.78, 5) is 4.85. The summed E-state index contributed by atoms with van der Waals surface area (Å²) < 4.78 is 4.67. The molecule has 1 fully saturated rings. The highest BCUT2D eigenvalue weighted by molar-refractivity contribution is 7.71. The fourth-order valence-corrected chi connectivity index (χ4v) is 3.90. The van der Waals surface area contributed by atoms with Gasteiger partial charge in [0.05, 0.1) is 12.4 Å². The van der Waals surface area contributed by atoms with Crippen LogP contribution in [0.15, 0.2) is 54.9 Å². The minimum Gasteiger partial charge on any atom is -0.369 e. The molecule has 4 rings (SSSR count). The smallest absolute Gasteiger partial charge is 0.203 e. The Kier molecular flexibility index (Phi) is 5.09. The second kappa shape index (κ2) is 7.66. The van der Waals surface area contributed by atoms with E-state index >= 15 is 0 Å². The van der Waals surface area contributed by atoms with Crippen LogP contribution in [0.4, 0.5) is 5.69 Å². The van der Waals surface area contributed by atoms with Crippen molar-refractivity contribution in [3.05, 3.63) is 70.8 Å². The van der Waals surface area contributed by atoms with Crippen LogP contribution in [0.3, 0.4) is 0 Å². The fraction of sp³-hybridized carbons (Fsp3) is 0.333. The number of hydrogen-bond donors (Lipinski definition) is 0. The number of hydrogen-bond acceptors (Lipinski definition) is 4. The van der Waals surface area contributed by atoms with Gasteiger partial charge in [0.15, 0.2) is 0 Å². The first-order valence-corrected chi connectivity index (χ1v) is 9.77. The number of rotatable bonds is 4. The lowest BCUT2D eigenvalue weighted by Gasteiger charge is -2.35. The predicted octanol–water partition coefficient (Wildman–Crippen LogP) is 3.80. The first-order chi connectivity index (χ1) is 13.1. The van der Waals surface area contributed by atoms with Gasteiger partial charge in [-0.1, -0.05) is 35.9 Å². The second-order valence-electron chi connectivity index (χ2n) is 7.16. The lowest BCUT2D eigenvalue weighted by molar-refractivity contribution is 0.194. The molecule has 0 radical (unpaired) electrons. The molecule has 0 unspecified atom stereocenters. The summed E-state index contributed by atoms with van der Waals surface area (Å²) >= 11 is 5.69. The quantitative estimate of drug-likeness (QED) is 0.645. The number of aromatic nitrogens is 3. The average molecular weight is 380 g/mol. The highest BCUT2D eigenvalue weighted by Crippen LogP contribution is 2.18. The molecule has 1 aliphatic rings. The zero-order chi connectivity index (χ0) is 18.8. The molecule has 2 aromatic carbocycles. The largest absolute Gasteiger partial charge is 0.369 e. The molecular formula is C21H25N5S. The van der Waals surface area contributed by atoms with Crippen molar-refractivity contribution >= 4 is 17.9 Å². The third-order valence-corrected chi connectivity index (χ3v) is 5.58. The maximum absolute atomic E-state index is 5.69. The SMILES string of the molecule is Cc1ccc(-n2cnn(CN3CCN(c4ccccc4)CC3)c2=S)c(C)c1. The normalized spacial score (nSPS) is 15.3. The van der Waals surface area contributed by atoms with Crippen LogP contribution in [0.25, 0.3) is 5.69 Å². The molecule has 1 aliphatic heterocycles. The molecule has 6 heteroatoms. The van der Waals surface area contributed by atoms with Gasteiger partial charge in [0, 0.05) is 31.9 Å². The van der Waals surface area contributed by atoms with Gasteiger partial charge < -0.3 is 4.90 Å². The van der Waals surface area contributed by atoms with Gasteiger partial charge in [-0.15, -0.1) is 0 Å². The van der Waals surface area contributed by atoms with Crippen molar-refractivity contribution in [2.24, 2.45) is 0 Å². The third kappa shape index (κ3) is 3.82. The Bertz CT molecular complexity index is 968. The number of piperazine rings is 1. The maximum atomic E-state index is 5.69. The van der Waals surface area contributed by atoms with Gasteiger partial charge >= 0.3 is 0 Å². The minimum atomic E-state index is 0.735. The molecule has 0 spiro atoms. The molecule has 27 heavy (non-hydrogen) atoms. The van der Waals surface area contributed by atoms with Crippen LogP contribution < -0.4 is 4.90 Å². The van der Waals surface area contributed by atoms with Crippen molar-refractivity contribution in [3.63, 3.8) is 0 Å². The van der Waals surface area contributed by atoms with Gasteiger partial charge in [-0.25, -0.2) is 4.68 Å². The highest BCUT2D eigenvalue weighted by Gasteiger charge is 2.18. The van der Waals surface area contributed by atoms with Gasteiger partial charge in [0.1, 0.15) is 6.33 Å². The molecule has 0 bridgehead atoms. The molecule has 3 aromatic rings. The van der Waals surface area contributed by atoms with Gasteiger partial charge in [-0.2, -0.15) is 5.10 Å². The zero-order valence-electron chi connectivity index (χ0n) is 15.9. The van der Waals surface area contributed by atoms with E-state index in [1.807, 2.05) is 15.6 Å². The van der Waals surface area contributed by atoms with Gasteiger partial charge in [-0.3, -0.25) is 9.47 Å². The Labute approximate surface area is 165 Å². The maximum Gasteiger partial charge on any atom is 0.203 e. The molecule has 1 saturated heterocycles. The fourth-order valence-electron chi connectivity index (χ4n) is 3.65. The third-order valence-electron chi connectivity index (χ3n) is 5.17. The first-order valence-electron chi connectivity index (χ1n) is 9.36. The van der Waals surface area contributed by atoms with Gasteiger partial charge in [0.25, 0.3) is 0 Å². The summed E-state index contributed by atoms with van der Waals surface area (Å²) in [6.07, 6.45) is 1.83. The van der Waals surface area contributed by atoms with Crippen molar-refractivity contribution in [3.8, 4) is 5.69 Å². The Morgan fingerprint density at radius 3 is 2.41 bits per heavy atom. The van der Waals surface area contributed by atoms with Crippen LogP contribution in [-0.4, -0.2) is 45.4 Å². The van der Waals surface area contributed by atoms with E-state index in [-0.39, 0.29) is 0 Å². The van der Waals surface area contributed by atoms with Crippen LogP contribution in [0, 0.1) is 18.6 Å². The lowest BCUT2D eigenvalue weighted by Crippen LogP contribution is -2.46. The summed E-state index contributed by atoms with van der Waals surface area (Å²) in [5.74, 6) is 0. The Morgan fingerprint density at radius 2 is 1.70 bits per heavy atom. The second-order valence-corrected chi connectivity index (χ2v) is 7.52. The van der Waals surface area contributed by atoms with E-state index in [4.69, 9.17) is 12.2 Å². The van der Waals surface area contributed by atoms with E-state index in [0.717, 1.165) is 43.3 Å². The van der Waals surface area contributed by atoms with Crippen molar-refractivity contribution in [2.45, 2.75) is 20.5 Å². The number of benzene rings is 2. The highest BCUT2D eigenvalue weighted by atomic mass is 32.1. The molecule has 0 atom stereocenters. The summed E-state index contributed by atoms with van der Waals surface area (Å²) in [5, 5.41) is 4.55. The zero-order valence-corrected chi connectivity index (χ0v) is 16.7. The molecule has 5 nitrogen and oxygen atoms in total. The summed E-state index contributed by atoms with van der Waals surface area (Å²) in [5.41, 5.74) is 4.87. The average Bonchev–Trinajstić information content (AvgIpc) is 3.03. The monoisotopic (exact) mass is 379 g/mol. The first kappa shape index (κ1) is 17.9. The van der Waals surface area contributed by atoms with E-state index < -0.39 is 0 Å². The van der Waals surface area contributed by atoms with Crippen LogP contribution in [0.5, 0.6) is 0 Å². The molecule has 0 N–H and O–H groups in total. The molecule has 2 heterocycles. The van der Waals surface area contributed by atoms with Crippen LogP contribution in [0.1, 0.15) is 11.1 Å². The van der Waals surface area contributed by atoms with Crippen LogP contribution in [-0.2, 0) is 6.67 Å². The van der Waals surface area contributed by atoms with Crippen molar-refractivity contribution in [1.29, 1.82) is 0 Å². The van der Waals surface area contributed by atoms with Crippen LogP contribution >= 0.6 is 12.2 Å². The Hall–Kier alpha value is -2.44. The van der Waals surface area contributed by atoms with E-state index in [1.165, 1.54) is 16.8 Å². The minimum absolute atomic E-state index is 0.735. The van der Waals surface area contributed by atoms with Crippen molar-refractivity contribution in [1.82, 2.24) is 19.2 Å². The predicted molar refractivity (Wildman–Crippen MR) is 112 cm³/mol. The molecular weight excluding hydrogens is 354 g/mol. The molecule has 0 amide bonds. The standard InChI is InChI=1S/C21H25N5S/c1-17-8-9-20(18(2)14-17)25-15-22-26(21(25)27)16-23-10-12-24(13-11-23)19-6-4-3-5-7-19/h3-9,14-15H,10-13,16H2,1-2H3. The summed E-state index contributed by atoms with van der Waals surface area (Å²) in [6.45, 7) is 9.02. The van der Waals surface area contributed by atoms with E-state index in [2.05, 4.69) is 77.3 Å². The molecule has 1 aromatic heterocycles. The number of para-hydroxylation sites is 1. The van der Waals surface area contributed by atoms with E-state index in [0.29, 0.717) is 0 Å². The van der Waals surface area contributed by atoms with E-state index in [9.17, 15) is 0 Å². The van der Waals surface area contributed by atoms with Gasteiger partial charge in [0.2, 0.25) is 4.77 Å². The number of aryl methyl sites for hydroxylation is 2. The van der Waals surface area contributed by atoms with Crippen LogP contribution in [0.2, 0.25) is 0 Å². The molecule has 140 valence electrons. The van der Waals surface area contributed by atoms with Crippen molar-refractivity contribution < 1.29 is 0 Å². The summed E-state index contributed by atoms with van der Waals surface area (Å²) in [7, 11) is 0. The van der Waals surface area contributed by atoms with E-state index in [1.54, 1.807) is 0 Å². The lowest BCUT2D eigenvalue weighted by atomic mass is 10.1.